The van der Waals surface area contributed by atoms with Gasteiger partial charge in [0.25, 0.3) is 5.91 Å². The van der Waals surface area contributed by atoms with Gasteiger partial charge in [0.2, 0.25) is 10.0 Å². The zero-order chi connectivity index (χ0) is 22.9. The molecule has 0 unspecified atom stereocenters. The monoisotopic (exact) mass is 454 g/mol. The summed E-state index contributed by atoms with van der Waals surface area (Å²) in [6, 6.07) is 15.2. The van der Waals surface area contributed by atoms with Crippen molar-refractivity contribution in [1.29, 1.82) is 0 Å². The molecule has 0 spiro atoms. The second-order valence-electron chi connectivity index (χ2n) is 7.63. The maximum Gasteiger partial charge on any atom is 0.338 e. The first-order valence-electron chi connectivity index (χ1n) is 9.98. The Hall–Kier alpha value is -3.50. The SMILES string of the molecule is Cc1ccc(C(=O)OCC(=O)Nc2cc(C3CC3)nn2-c2ccccc2)cc1S(N)(=O)=O. The molecule has 2 aromatic carbocycles. The third-order valence-electron chi connectivity index (χ3n) is 5.06. The lowest BCUT2D eigenvalue weighted by molar-refractivity contribution is -0.119. The highest BCUT2D eigenvalue weighted by atomic mass is 32.2. The summed E-state index contributed by atoms with van der Waals surface area (Å²) in [4.78, 5) is 24.6. The van der Waals surface area contributed by atoms with Crippen LogP contribution in [-0.4, -0.2) is 36.7 Å². The van der Waals surface area contributed by atoms with Crippen molar-refractivity contribution < 1.29 is 22.7 Å². The average Bonchev–Trinajstić information content (AvgIpc) is 3.53. The third-order valence-corrected chi connectivity index (χ3v) is 6.11. The fourth-order valence-corrected chi connectivity index (χ4v) is 4.07. The molecule has 1 aromatic heterocycles. The Balaban J connectivity index is 1.45. The van der Waals surface area contributed by atoms with Gasteiger partial charge in [-0.2, -0.15) is 5.10 Å². The van der Waals surface area contributed by atoms with Crippen molar-refractivity contribution in [2.24, 2.45) is 5.14 Å². The van der Waals surface area contributed by atoms with Gasteiger partial charge in [-0.25, -0.2) is 23.0 Å². The van der Waals surface area contributed by atoms with Crippen LogP contribution in [0.3, 0.4) is 0 Å². The fraction of sp³-hybridized carbons (Fsp3) is 0.227. The highest BCUT2D eigenvalue weighted by Gasteiger charge is 2.28. The van der Waals surface area contributed by atoms with Crippen molar-refractivity contribution in [1.82, 2.24) is 9.78 Å². The molecule has 1 amide bonds. The Labute approximate surface area is 185 Å². The fourth-order valence-electron chi connectivity index (χ4n) is 3.26. The number of aryl methyl sites for hydroxylation is 1. The molecule has 1 saturated carbocycles. The molecule has 0 atom stereocenters. The largest absolute Gasteiger partial charge is 0.452 e. The molecule has 166 valence electrons. The number of nitrogens with one attached hydrogen (secondary N) is 1. The number of rotatable bonds is 7. The number of anilines is 1. The van der Waals surface area contributed by atoms with E-state index in [9.17, 15) is 18.0 Å². The van der Waals surface area contributed by atoms with Crippen molar-refractivity contribution in [3.05, 3.63) is 71.4 Å². The smallest absolute Gasteiger partial charge is 0.338 e. The van der Waals surface area contributed by atoms with E-state index in [1.807, 2.05) is 36.4 Å². The normalized spacial score (nSPS) is 13.6. The van der Waals surface area contributed by atoms with E-state index >= 15 is 0 Å². The van der Waals surface area contributed by atoms with E-state index < -0.39 is 28.5 Å². The topological polar surface area (TPSA) is 133 Å². The van der Waals surface area contributed by atoms with Gasteiger partial charge in [-0.15, -0.1) is 0 Å². The first-order valence-corrected chi connectivity index (χ1v) is 11.5. The molecule has 10 heteroatoms. The number of carbonyl (C=O) groups excluding carboxylic acids is 2. The van der Waals surface area contributed by atoms with E-state index in [1.54, 1.807) is 11.6 Å². The van der Waals surface area contributed by atoms with Crippen LogP contribution >= 0.6 is 0 Å². The number of sulfonamides is 1. The number of benzene rings is 2. The Morgan fingerprint density at radius 1 is 1.16 bits per heavy atom. The Morgan fingerprint density at radius 2 is 1.88 bits per heavy atom. The Morgan fingerprint density at radius 3 is 2.53 bits per heavy atom. The quantitative estimate of drug-likeness (QED) is 0.527. The molecule has 1 heterocycles. The third kappa shape index (κ3) is 4.87. The van der Waals surface area contributed by atoms with Gasteiger partial charge < -0.3 is 10.1 Å². The number of hydrogen-bond donors (Lipinski definition) is 2. The van der Waals surface area contributed by atoms with Crippen LogP contribution in [0.2, 0.25) is 0 Å². The predicted octanol–water partition coefficient (Wildman–Crippen LogP) is 2.50. The number of ether oxygens (including phenoxy) is 1. The summed E-state index contributed by atoms with van der Waals surface area (Å²) >= 11 is 0. The second-order valence-corrected chi connectivity index (χ2v) is 9.16. The molecule has 3 aromatic rings. The maximum absolute atomic E-state index is 12.5. The molecular weight excluding hydrogens is 432 g/mol. The number of esters is 1. The van der Waals surface area contributed by atoms with Crippen LogP contribution in [0, 0.1) is 6.92 Å². The molecule has 0 bridgehead atoms. The number of carbonyl (C=O) groups is 2. The van der Waals surface area contributed by atoms with Gasteiger partial charge in [-0.1, -0.05) is 24.3 Å². The van der Waals surface area contributed by atoms with Crippen LogP contribution in [0.25, 0.3) is 5.69 Å². The highest BCUT2D eigenvalue weighted by Crippen LogP contribution is 2.40. The van der Waals surface area contributed by atoms with E-state index in [4.69, 9.17) is 9.88 Å². The van der Waals surface area contributed by atoms with Crippen LogP contribution in [-0.2, 0) is 19.6 Å². The number of nitrogens with zero attached hydrogens (tertiary/aromatic N) is 2. The van der Waals surface area contributed by atoms with Gasteiger partial charge in [0.1, 0.15) is 5.82 Å². The van der Waals surface area contributed by atoms with E-state index in [1.165, 1.54) is 12.1 Å². The minimum atomic E-state index is -3.99. The van der Waals surface area contributed by atoms with E-state index in [-0.39, 0.29) is 10.5 Å². The first-order chi connectivity index (χ1) is 15.2. The lowest BCUT2D eigenvalue weighted by Crippen LogP contribution is -2.22. The van der Waals surface area contributed by atoms with Crippen molar-refractivity contribution in [2.45, 2.75) is 30.6 Å². The minimum Gasteiger partial charge on any atom is -0.452 e. The molecule has 4 rings (SSSR count). The molecule has 3 N–H and O–H groups in total. The molecule has 1 aliphatic rings. The van der Waals surface area contributed by atoms with Crippen LogP contribution in [0.4, 0.5) is 5.82 Å². The summed E-state index contributed by atoms with van der Waals surface area (Å²) in [7, 11) is -3.99. The van der Waals surface area contributed by atoms with Crippen molar-refractivity contribution in [3.63, 3.8) is 0 Å². The lowest BCUT2D eigenvalue weighted by atomic mass is 10.1. The van der Waals surface area contributed by atoms with E-state index in [2.05, 4.69) is 10.4 Å². The number of hydrogen-bond acceptors (Lipinski definition) is 6. The number of amides is 1. The molecule has 9 nitrogen and oxygen atoms in total. The molecule has 0 aliphatic heterocycles. The summed E-state index contributed by atoms with van der Waals surface area (Å²) in [5.74, 6) is -0.508. The first kappa shape index (κ1) is 21.7. The van der Waals surface area contributed by atoms with Crippen LogP contribution in [0.5, 0.6) is 0 Å². The van der Waals surface area contributed by atoms with Crippen LogP contribution in [0.15, 0.2) is 59.5 Å². The summed E-state index contributed by atoms with van der Waals surface area (Å²) in [6.07, 6.45) is 2.13. The van der Waals surface area contributed by atoms with Crippen molar-refractivity contribution in [3.8, 4) is 5.69 Å². The van der Waals surface area contributed by atoms with Gasteiger partial charge >= 0.3 is 5.97 Å². The maximum atomic E-state index is 12.5. The highest BCUT2D eigenvalue weighted by molar-refractivity contribution is 7.89. The number of para-hydroxylation sites is 1. The van der Waals surface area contributed by atoms with Crippen LogP contribution in [0.1, 0.15) is 40.4 Å². The zero-order valence-corrected chi connectivity index (χ0v) is 18.1. The summed E-state index contributed by atoms with van der Waals surface area (Å²) in [5.41, 5.74) is 2.08. The summed E-state index contributed by atoms with van der Waals surface area (Å²) in [6.45, 7) is 1.02. The van der Waals surface area contributed by atoms with Crippen molar-refractivity contribution >= 4 is 27.7 Å². The zero-order valence-electron chi connectivity index (χ0n) is 17.3. The summed E-state index contributed by atoms with van der Waals surface area (Å²) < 4.78 is 30.0. The number of aromatic nitrogens is 2. The van der Waals surface area contributed by atoms with Gasteiger partial charge in [-0.05, 0) is 49.6 Å². The second kappa shape index (κ2) is 8.56. The minimum absolute atomic E-state index is 0.0160. The van der Waals surface area contributed by atoms with E-state index in [0.717, 1.165) is 30.3 Å². The lowest BCUT2D eigenvalue weighted by Gasteiger charge is -2.10. The van der Waals surface area contributed by atoms with Gasteiger partial charge in [-0.3, -0.25) is 4.79 Å². The Kier molecular flexibility index (Phi) is 5.81. The predicted molar refractivity (Wildman–Crippen MR) is 117 cm³/mol. The molecular formula is C22H22N4O5S. The molecule has 1 fully saturated rings. The van der Waals surface area contributed by atoms with Gasteiger partial charge in [0, 0.05) is 12.0 Å². The van der Waals surface area contributed by atoms with Crippen LogP contribution < -0.4 is 10.5 Å². The summed E-state index contributed by atoms with van der Waals surface area (Å²) in [5, 5.41) is 12.5. The number of primary sulfonamides is 1. The number of nitrogens with two attached hydrogens (primary N) is 1. The molecule has 1 aliphatic carbocycles. The Bertz CT molecular complexity index is 1280. The van der Waals surface area contributed by atoms with E-state index in [0.29, 0.717) is 17.3 Å². The average molecular weight is 455 g/mol. The van der Waals surface area contributed by atoms with Crippen molar-refractivity contribution in [2.75, 3.05) is 11.9 Å². The molecule has 32 heavy (non-hydrogen) atoms. The molecule has 0 radical (unpaired) electrons. The van der Waals surface area contributed by atoms with Gasteiger partial charge in [0.05, 0.1) is 21.8 Å². The standard InChI is InChI=1S/C22H22N4O5S/c1-14-7-8-16(11-19(14)32(23,29)30)22(28)31-13-21(27)24-20-12-18(15-9-10-15)25-26(20)17-5-3-2-4-6-17/h2-8,11-12,15H,9-10,13H2,1H3,(H,24,27)(H2,23,29,30). The molecule has 0 saturated heterocycles. The van der Waals surface area contributed by atoms with Gasteiger partial charge in [0.15, 0.2) is 6.61 Å².